The van der Waals surface area contributed by atoms with Crippen LogP contribution < -0.4 is 0 Å². The molecule has 2 saturated heterocycles. The molecule has 0 saturated carbocycles. The Morgan fingerprint density at radius 1 is 1.28 bits per heavy atom. The zero-order valence-electron chi connectivity index (χ0n) is 12.5. The van der Waals surface area contributed by atoms with Gasteiger partial charge >= 0.3 is 0 Å². The Hall–Kier alpha value is -0.0831. The SMILES string of the molecule is C=CC(CN1CCC1)[Si]1(CC)CCCCC1CC. The molecule has 3 unspecified atom stereocenters. The van der Waals surface area contributed by atoms with E-state index in [4.69, 9.17) is 0 Å². The second-order valence-electron chi connectivity index (χ2n) is 6.43. The molecule has 2 heteroatoms. The summed E-state index contributed by atoms with van der Waals surface area (Å²) in [6, 6.07) is 3.06. The van der Waals surface area contributed by atoms with Crippen molar-refractivity contribution in [2.75, 3.05) is 19.6 Å². The van der Waals surface area contributed by atoms with Crippen LogP contribution in [0, 0.1) is 0 Å². The molecule has 2 aliphatic rings. The first kappa shape index (κ1) is 14.3. The van der Waals surface area contributed by atoms with Crippen LogP contribution in [0.15, 0.2) is 12.7 Å². The van der Waals surface area contributed by atoms with Gasteiger partial charge in [0.05, 0.1) is 8.07 Å². The fourth-order valence-corrected chi connectivity index (χ4v) is 10.9. The summed E-state index contributed by atoms with van der Waals surface area (Å²) in [6.45, 7) is 13.1. The smallest absolute Gasteiger partial charge is 0.0648 e. The molecular weight excluding hydrogens is 234 g/mol. The number of nitrogens with zero attached hydrogens (tertiary/aromatic N) is 1. The Balaban J connectivity index is 2.12. The van der Waals surface area contributed by atoms with E-state index < -0.39 is 8.07 Å². The van der Waals surface area contributed by atoms with E-state index >= 15 is 0 Å². The third-order valence-electron chi connectivity index (χ3n) is 5.84. The summed E-state index contributed by atoms with van der Waals surface area (Å²) in [4.78, 5) is 2.66. The van der Waals surface area contributed by atoms with Crippen molar-refractivity contribution in [1.29, 1.82) is 0 Å². The number of likely N-dealkylation sites (tertiary alicyclic amines) is 1. The van der Waals surface area contributed by atoms with Crippen LogP contribution in [-0.4, -0.2) is 32.6 Å². The van der Waals surface area contributed by atoms with Crippen molar-refractivity contribution in [3.05, 3.63) is 12.7 Å². The molecule has 0 aromatic carbocycles. The van der Waals surface area contributed by atoms with Crippen molar-refractivity contribution >= 4 is 8.07 Å². The van der Waals surface area contributed by atoms with Gasteiger partial charge in [-0.2, -0.15) is 0 Å². The van der Waals surface area contributed by atoms with Crippen LogP contribution in [0.1, 0.15) is 46.0 Å². The van der Waals surface area contributed by atoms with E-state index in [9.17, 15) is 0 Å². The van der Waals surface area contributed by atoms with Crippen LogP contribution in [0.2, 0.25) is 23.2 Å². The minimum atomic E-state index is -1.12. The van der Waals surface area contributed by atoms with Crippen LogP contribution in [0.5, 0.6) is 0 Å². The summed E-state index contributed by atoms with van der Waals surface area (Å²) >= 11 is 0. The Bertz CT molecular complexity index is 274. The molecule has 0 amide bonds. The second-order valence-corrected chi connectivity index (χ2v) is 11.7. The predicted octanol–water partition coefficient (Wildman–Crippen LogP) is 4.68. The lowest BCUT2D eigenvalue weighted by atomic mass is 10.1. The van der Waals surface area contributed by atoms with Crippen LogP contribution in [0.25, 0.3) is 0 Å². The Morgan fingerprint density at radius 3 is 2.56 bits per heavy atom. The van der Waals surface area contributed by atoms with Crippen molar-refractivity contribution in [2.24, 2.45) is 0 Å². The van der Waals surface area contributed by atoms with Gasteiger partial charge in [-0.25, -0.2) is 0 Å². The zero-order valence-corrected chi connectivity index (χ0v) is 13.5. The normalized spacial score (nSPS) is 34.9. The van der Waals surface area contributed by atoms with E-state index in [0.29, 0.717) is 0 Å². The highest BCUT2D eigenvalue weighted by atomic mass is 28.3. The molecule has 2 fully saturated rings. The van der Waals surface area contributed by atoms with E-state index in [1.807, 2.05) is 0 Å². The minimum Gasteiger partial charge on any atom is -0.303 e. The molecule has 0 aromatic rings. The van der Waals surface area contributed by atoms with Gasteiger partial charge in [0, 0.05) is 6.54 Å². The highest BCUT2D eigenvalue weighted by Gasteiger charge is 2.45. The number of hydrogen-bond donors (Lipinski definition) is 0. The summed E-state index contributed by atoms with van der Waals surface area (Å²) in [5, 5.41) is 0. The second kappa shape index (κ2) is 6.38. The molecule has 0 aliphatic carbocycles. The Morgan fingerprint density at radius 2 is 2.06 bits per heavy atom. The van der Waals surface area contributed by atoms with E-state index in [1.54, 1.807) is 6.04 Å². The summed E-state index contributed by atoms with van der Waals surface area (Å²) in [5.41, 5.74) is 1.92. The third kappa shape index (κ3) is 2.60. The fraction of sp³-hybridized carbons (Fsp3) is 0.875. The van der Waals surface area contributed by atoms with Crippen molar-refractivity contribution in [3.63, 3.8) is 0 Å². The van der Waals surface area contributed by atoms with Crippen LogP contribution in [0.4, 0.5) is 0 Å². The summed E-state index contributed by atoms with van der Waals surface area (Å²) < 4.78 is 0. The van der Waals surface area contributed by atoms with E-state index in [1.165, 1.54) is 57.8 Å². The molecule has 0 N–H and O–H groups in total. The maximum Gasteiger partial charge on any atom is 0.0648 e. The Labute approximate surface area is 115 Å². The van der Waals surface area contributed by atoms with Gasteiger partial charge in [-0.05, 0) is 30.6 Å². The highest BCUT2D eigenvalue weighted by molar-refractivity contribution is 6.83. The molecular formula is C16H31NSi. The Kier molecular flexibility index (Phi) is 5.08. The molecule has 104 valence electrons. The van der Waals surface area contributed by atoms with Gasteiger partial charge in [0.15, 0.2) is 0 Å². The molecule has 1 nitrogen and oxygen atoms in total. The quantitative estimate of drug-likeness (QED) is 0.498. The highest BCUT2D eigenvalue weighted by Crippen LogP contribution is 2.49. The molecule has 2 aliphatic heterocycles. The van der Waals surface area contributed by atoms with Crippen LogP contribution >= 0.6 is 0 Å². The van der Waals surface area contributed by atoms with Crippen molar-refractivity contribution in [2.45, 2.75) is 69.1 Å². The molecule has 2 rings (SSSR count). The summed E-state index contributed by atoms with van der Waals surface area (Å²) in [5.74, 6) is 0. The number of hydrogen-bond acceptors (Lipinski definition) is 1. The summed E-state index contributed by atoms with van der Waals surface area (Å²) in [7, 11) is -1.12. The average molecular weight is 266 g/mol. The predicted molar refractivity (Wildman–Crippen MR) is 83.9 cm³/mol. The lowest BCUT2D eigenvalue weighted by molar-refractivity contribution is 0.183. The largest absolute Gasteiger partial charge is 0.303 e. The van der Waals surface area contributed by atoms with E-state index in [2.05, 4.69) is 31.4 Å². The third-order valence-corrected chi connectivity index (χ3v) is 12.7. The first-order chi connectivity index (χ1) is 8.76. The molecule has 0 bridgehead atoms. The monoisotopic (exact) mass is 265 g/mol. The standard InChI is InChI=1S/C16H31NSi/c1-4-15-10-7-8-13-18(15,6-3)16(5-2)14-17-11-9-12-17/h5,15-16H,2,4,6-14H2,1,3H3. The van der Waals surface area contributed by atoms with Crippen molar-refractivity contribution < 1.29 is 0 Å². The number of rotatable bonds is 6. The van der Waals surface area contributed by atoms with Crippen molar-refractivity contribution in [3.8, 4) is 0 Å². The molecule has 3 atom stereocenters. The molecule has 0 aromatic heterocycles. The van der Waals surface area contributed by atoms with E-state index in [-0.39, 0.29) is 0 Å². The van der Waals surface area contributed by atoms with Gasteiger partial charge in [0.25, 0.3) is 0 Å². The molecule has 2 heterocycles. The first-order valence-electron chi connectivity index (χ1n) is 8.11. The molecule has 0 radical (unpaired) electrons. The van der Waals surface area contributed by atoms with Gasteiger partial charge < -0.3 is 4.90 Å². The van der Waals surface area contributed by atoms with Crippen LogP contribution in [0.3, 0.4) is 0 Å². The van der Waals surface area contributed by atoms with Gasteiger partial charge in [-0.1, -0.05) is 57.7 Å². The molecule has 18 heavy (non-hydrogen) atoms. The van der Waals surface area contributed by atoms with Crippen LogP contribution in [-0.2, 0) is 0 Å². The van der Waals surface area contributed by atoms with Gasteiger partial charge in [-0.15, -0.1) is 6.58 Å². The maximum atomic E-state index is 4.22. The maximum absolute atomic E-state index is 4.22. The minimum absolute atomic E-state index is 0.855. The lowest BCUT2D eigenvalue weighted by Gasteiger charge is -2.48. The lowest BCUT2D eigenvalue weighted by Crippen LogP contribution is -2.51. The van der Waals surface area contributed by atoms with Gasteiger partial charge in [-0.3, -0.25) is 0 Å². The van der Waals surface area contributed by atoms with E-state index in [0.717, 1.165) is 11.1 Å². The zero-order chi connectivity index (χ0) is 13.0. The summed E-state index contributed by atoms with van der Waals surface area (Å²) in [6.07, 6.45) is 9.69. The first-order valence-corrected chi connectivity index (χ1v) is 10.7. The van der Waals surface area contributed by atoms with Crippen molar-refractivity contribution in [1.82, 2.24) is 4.90 Å². The fourth-order valence-electron chi connectivity index (χ4n) is 4.50. The topological polar surface area (TPSA) is 3.24 Å². The van der Waals surface area contributed by atoms with Gasteiger partial charge in [0.2, 0.25) is 0 Å². The average Bonchev–Trinajstić information content (AvgIpc) is 2.37. The molecule has 0 spiro atoms. The van der Waals surface area contributed by atoms with Gasteiger partial charge in [0.1, 0.15) is 0 Å².